The Labute approximate surface area is 121 Å². The largest absolute Gasteiger partial charge is 0.506 e. The highest BCUT2D eigenvalue weighted by Gasteiger charge is 2.26. The van der Waals surface area contributed by atoms with E-state index in [4.69, 9.17) is 5.26 Å². The second-order valence-electron chi connectivity index (χ2n) is 5.79. The van der Waals surface area contributed by atoms with Crippen LogP contribution in [0.15, 0.2) is 18.2 Å². The summed E-state index contributed by atoms with van der Waals surface area (Å²) in [5.74, 6) is 0.694. The maximum Gasteiger partial charge on any atom is 0.138 e. The van der Waals surface area contributed by atoms with Gasteiger partial charge in [0.2, 0.25) is 0 Å². The summed E-state index contributed by atoms with van der Waals surface area (Å²) in [6, 6.07) is 7.73. The topological polar surface area (TPSA) is 59.3 Å². The Kier molecular flexibility index (Phi) is 4.99. The molecule has 1 atom stereocenters. The normalized spacial score (nSPS) is 17.9. The number of piperazine rings is 1. The van der Waals surface area contributed by atoms with Crippen LogP contribution in [0.25, 0.3) is 0 Å². The van der Waals surface area contributed by atoms with Gasteiger partial charge < -0.3 is 10.4 Å². The number of para-hydroxylation sites is 1. The summed E-state index contributed by atoms with van der Waals surface area (Å²) >= 11 is 0. The van der Waals surface area contributed by atoms with Crippen LogP contribution in [-0.4, -0.2) is 36.2 Å². The van der Waals surface area contributed by atoms with Crippen molar-refractivity contribution in [2.24, 2.45) is 5.92 Å². The number of hydrogen-bond acceptors (Lipinski definition) is 4. The highest BCUT2D eigenvalue weighted by Crippen LogP contribution is 2.35. The van der Waals surface area contributed by atoms with Crippen LogP contribution in [0, 0.1) is 17.2 Å². The smallest absolute Gasteiger partial charge is 0.138 e. The molecule has 0 aromatic heterocycles. The molecule has 0 amide bonds. The first-order valence-electron chi connectivity index (χ1n) is 7.30. The van der Waals surface area contributed by atoms with Crippen molar-refractivity contribution < 1.29 is 5.11 Å². The van der Waals surface area contributed by atoms with Crippen LogP contribution in [0.2, 0.25) is 0 Å². The van der Waals surface area contributed by atoms with E-state index in [0.717, 1.165) is 38.2 Å². The molecule has 2 N–H and O–H groups in total. The van der Waals surface area contributed by atoms with Crippen molar-refractivity contribution in [3.05, 3.63) is 29.3 Å². The Morgan fingerprint density at radius 1 is 1.35 bits per heavy atom. The van der Waals surface area contributed by atoms with Crippen LogP contribution in [0.4, 0.5) is 0 Å². The molecule has 0 bridgehead atoms. The van der Waals surface area contributed by atoms with Crippen molar-refractivity contribution in [3.8, 4) is 11.8 Å². The van der Waals surface area contributed by atoms with E-state index in [1.165, 1.54) is 0 Å². The van der Waals surface area contributed by atoms with Gasteiger partial charge >= 0.3 is 0 Å². The molecule has 0 unspecified atom stereocenters. The van der Waals surface area contributed by atoms with Crippen molar-refractivity contribution in [1.29, 1.82) is 5.26 Å². The summed E-state index contributed by atoms with van der Waals surface area (Å²) in [5, 5.41) is 22.8. The number of nitrogens with one attached hydrogen (secondary N) is 1. The third kappa shape index (κ3) is 3.30. The fraction of sp³-hybridized carbons (Fsp3) is 0.562. The molecule has 4 nitrogen and oxygen atoms in total. The molecule has 1 fully saturated rings. The quantitative estimate of drug-likeness (QED) is 0.883. The predicted molar refractivity (Wildman–Crippen MR) is 79.5 cm³/mol. The number of phenolic OH excluding ortho intramolecular Hbond substituents is 1. The zero-order chi connectivity index (χ0) is 14.5. The first-order valence-corrected chi connectivity index (χ1v) is 7.30. The summed E-state index contributed by atoms with van der Waals surface area (Å²) in [4.78, 5) is 2.41. The van der Waals surface area contributed by atoms with Crippen molar-refractivity contribution in [1.82, 2.24) is 10.2 Å². The summed E-state index contributed by atoms with van der Waals surface area (Å²) < 4.78 is 0. The molecule has 1 heterocycles. The lowest BCUT2D eigenvalue weighted by Gasteiger charge is -2.36. The van der Waals surface area contributed by atoms with Crippen LogP contribution in [-0.2, 0) is 0 Å². The van der Waals surface area contributed by atoms with Gasteiger partial charge in [0, 0.05) is 37.8 Å². The van der Waals surface area contributed by atoms with Crippen molar-refractivity contribution in [2.75, 3.05) is 26.2 Å². The molecule has 4 heteroatoms. The highest BCUT2D eigenvalue weighted by molar-refractivity contribution is 5.48. The summed E-state index contributed by atoms with van der Waals surface area (Å²) in [5.41, 5.74) is 1.26. The summed E-state index contributed by atoms with van der Waals surface area (Å²) in [6.45, 7) is 8.31. The maximum absolute atomic E-state index is 10.3. The predicted octanol–water partition coefficient (Wildman–Crippen LogP) is 2.26. The summed E-state index contributed by atoms with van der Waals surface area (Å²) in [6.07, 6.45) is 0.989. The molecular weight excluding hydrogens is 250 g/mol. The molecule has 108 valence electrons. The lowest BCUT2D eigenvalue weighted by atomic mass is 9.93. The lowest BCUT2D eigenvalue weighted by molar-refractivity contribution is 0.151. The van der Waals surface area contributed by atoms with E-state index in [9.17, 15) is 5.11 Å². The van der Waals surface area contributed by atoms with Crippen molar-refractivity contribution in [3.63, 3.8) is 0 Å². The minimum absolute atomic E-state index is 0.152. The van der Waals surface area contributed by atoms with Crippen LogP contribution in [0.1, 0.15) is 37.4 Å². The monoisotopic (exact) mass is 273 g/mol. The third-order valence-electron chi connectivity index (χ3n) is 3.83. The highest BCUT2D eigenvalue weighted by atomic mass is 16.3. The Balaban J connectivity index is 2.33. The first-order chi connectivity index (χ1) is 9.63. The van der Waals surface area contributed by atoms with Crippen molar-refractivity contribution >= 4 is 0 Å². The average Bonchev–Trinajstić information content (AvgIpc) is 2.46. The molecule has 20 heavy (non-hydrogen) atoms. The Hall–Kier alpha value is -1.57. The van der Waals surface area contributed by atoms with E-state index in [0.29, 0.717) is 11.5 Å². The molecule has 2 rings (SSSR count). The van der Waals surface area contributed by atoms with Gasteiger partial charge in [-0.3, -0.25) is 4.90 Å². The molecule has 1 aromatic carbocycles. The van der Waals surface area contributed by atoms with Crippen molar-refractivity contribution in [2.45, 2.75) is 26.3 Å². The SMILES string of the molecule is CC(C)C[C@@H](c1cccc(C#N)c1O)N1CCNCC1. The van der Waals surface area contributed by atoms with Crippen LogP contribution in [0.3, 0.4) is 0 Å². The van der Waals surface area contributed by atoms with Crippen LogP contribution >= 0.6 is 0 Å². The number of phenols is 1. The van der Waals surface area contributed by atoms with Crippen LogP contribution < -0.4 is 5.32 Å². The fourth-order valence-corrected chi connectivity index (χ4v) is 2.83. The standard InChI is InChI=1S/C16H23N3O/c1-12(2)10-15(19-8-6-18-7-9-19)14-5-3-4-13(11-17)16(14)20/h3-5,12,15,18,20H,6-10H2,1-2H3/t15-/m0/s1. The van der Waals surface area contributed by atoms with Gasteiger partial charge in [-0.05, 0) is 18.4 Å². The zero-order valence-electron chi connectivity index (χ0n) is 12.3. The van der Waals surface area contributed by atoms with Gasteiger partial charge in [0.15, 0.2) is 0 Å². The molecule has 0 saturated carbocycles. The van der Waals surface area contributed by atoms with Gasteiger partial charge in [0.05, 0.1) is 5.56 Å². The average molecular weight is 273 g/mol. The van der Waals surface area contributed by atoms with E-state index < -0.39 is 0 Å². The molecule has 1 aromatic rings. The Morgan fingerprint density at radius 3 is 2.65 bits per heavy atom. The number of benzene rings is 1. The van der Waals surface area contributed by atoms with Gasteiger partial charge in [0.1, 0.15) is 11.8 Å². The fourth-order valence-electron chi connectivity index (χ4n) is 2.83. The Bertz CT molecular complexity index is 487. The number of hydrogen-bond donors (Lipinski definition) is 2. The van der Waals surface area contributed by atoms with E-state index in [-0.39, 0.29) is 11.8 Å². The van der Waals surface area contributed by atoms with Gasteiger partial charge in [-0.15, -0.1) is 0 Å². The van der Waals surface area contributed by atoms with E-state index in [1.807, 2.05) is 12.1 Å². The second kappa shape index (κ2) is 6.74. The van der Waals surface area contributed by atoms with Gasteiger partial charge in [-0.25, -0.2) is 0 Å². The third-order valence-corrected chi connectivity index (χ3v) is 3.83. The minimum atomic E-state index is 0.152. The molecule has 0 aliphatic carbocycles. The first kappa shape index (κ1) is 14.8. The van der Waals surface area contributed by atoms with E-state index in [1.54, 1.807) is 6.07 Å². The van der Waals surface area contributed by atoms with Gasteiger partial charge in [0.25, 0.3) is 0 Å². The zero-order valence-corrected chi connectivity index (χ0v) is 12.3. The van der Waals surface area contributed by atoms with E-state index in [2.05, 4.69) is 30.1 Å². The minimum Gasteiger partial charge on any atom is -0.506 e. The molecule has 0 spiro atoms. The lowest BCUT2D eigenvalue weighted by Crippen LogP contribution is -2.45. The van der Waals surface area contributed by atoms with Gasteiger partial charge in [-0.2, -0.15) is 5.26 Å². The maximum atomic E-state index is 10.3. The molecular formula is C16H23N3O. The number of aromatic hydroxyl groups is 1. The van der Waals surface area contributed by atoms with E-state index >= 15 is 0 Å². The summed E-state index contributed by atoms with van der Waals surface area (Å²) in [7, 11) is 0. The number of nitriles is 1. The molecule has 1 aliphatic rings. The molecule has 1 saturated heterocycles. The van der Waals surface area contributed by atoms with Gasteiger partial charge in [-0.1, -0.05) is 26.0 Å². The second-order valence-corrected chi connectivity index (χ2v) is 5.79. The Morgan fingerprint density at radius 2 is 2.05 bits per heavy atom. The molecule has 0 radical (unpaired) electrons. The molecule has 1 aliphatic heterocycles. The number of rotatable bonds is 4. The van der Waals surface area contributed by atoms with Crippen LogP contribution in [0.5, 0.6) is 5.75 Å². The number of nitrogens with zero attached hydrogens (tertiary/aromatic N) is 2.